The fourth-order valence-electron chi connectivity index (χ4n) is 2.68. The van der Waals surface area contributed by atoms with Crippen molar-refractivity contribution in [3.8, 4) is 5.75 Å². The standard InChI is InChI=1S/C18H29NO2/c1-6-18(7-2,14-20)13-19(4)15(3)12-16-10-8-9-11-17(16)21-5/h8-11,14-15H,6-7,12-13H2,1-5H3. The van der Waals surface area contributed by atoms with E-state index in [2.05, 4.69) is 38.8 Å². The first-order chi connectivity index (χ1) is 10.0. The van der Waals surface area contributed by atoms with E-state index in [0.29, 0.717) is 6.04 Å². The molecule has 0 N–H and O–H groups in total. The van der Waals surface area contributed by atoms with Crippen LogP contribution in [0.1, 0.15) is 39.2 Å². The average Bonchev–Trinajstić information content (AvgIpc) is 2.53. The number of hydrogen-bond donors (Lipinski definition) is 0. The van der Waals surface area contributed by atoms with Crippen LogP contribution in [-0.2, 0) is 11.2 Å². The van der Waals surface area contributed by atoms with E-state index in [1.54, 1.807) is 7.11 Å². The van der Waals surface area contributed by atoms with Gasteiger partial charge in [0.25, 0.3) is 0 Å². The number of ether oxygens (including phenoxy) is 1. The molecule has 0 bridgehead atoms. The van der Waals surface area contributed by atoms with E-state index in [0.717, 1.165) is 37.8 Å². The molecule has 1 atom stereocenters. The van der Waals surface area contributed by atoms with Crippen LogP contribution < -0.4 is 4.74 Å². The maximum absolute atomic E-state index is 11.5. The highest BCUT2D eigenvalue weighted by atomic mass is 16.5. The summed E-state index contributed by atoms with van der Waals surface area (Å²) in [7, 11) is 3.81. The second-order valence-electron chi connectivity index (χ2n) is 5.97. The summed E-state index contributed by atoms with van der Waals surface area (Å²) in [6, 6.07) is 8.49. The summed E-state index contributed by atoms with van der Waals surface area (Å²) in [6.07, 6.45) is 3.83. The molecule has 1 rings (SSSR count). The molecule has 0 spiro atoms. The highest BCUT2D eigenvalue weighted by Gasteiger charge is 2.28. The fraction of sp³-hybridized carbons (Fsp3) is 0.611. The number of aldehydes is 1. The zero-order valence-electron chi connectivity index (χ0n) is 14.1. The van der Waals surface area contributed by atoms with Crippen molar-refractivity contribution in [1.82, 2.24) is 4.90 Å². The van der Waals surface area contributed by atoms with Gasteiger partial charge in [0.1, 0.15) is 12.0 Å². The van der Waals surface area contributed by atoms with Gasteiger partial charge in [-0.05, 0) is 44.9 Å². The molecular formula is C18H29NO2. The molecule has 0 amide bonds. The first kappa shape index (κ1) is 17.7. The Morgan fingerprint density at radius 2 is 1.90 bits per heavy atom. The third-order valence-corrected chi connectivity index (χ3v) is 4.68. The molecule has 0 saturated carbocycles. The topological polar surface area (TPSA) is 29.5 Å². The molecule has 0 saturated heterocycles. The Kier molecular flexibility index (Phi) is 6.90. The number of likely N-dealkylation sites (N-methyl/N-ethyl adjacent to an activating group) is 1. The van der Waals surface area contributed by atoms with E-state index in [-0.39, 0.29) is 5.41 Å². The second kappa shape index (κ2) is 8.18. The van der Waals surface area contributed by atoms with Gasteiger partial charge in [0.05, 0.1) is 7.11 Å². The van der Waals surface area contributed by atoms with Crippen LogP contribution >= 0.6 is 0 Å². The number of methoxy groups -OCH3 is 1. The molecule has 3 nitrogen and oxygen atoms in total. The smallest absolute Gasteiger partial charge is 0.127 e. The molecule has 0 aromatic heterocycles. The minimum atomic E-state index is -0.218. The van der Waals surface area contributed by atoms with Crippen LogP contribution in [0.2, 0.25) is 0 Å². The first-order valence-corrected chi connectivity index (χ1v) is 7.80. The quantitative estimate of drug-likeness (QED) is 0.652. The van der Waals surface area contributed by atoms with Crippen LogP contribution in [0.5, 0.6) is 5.75 Å². The third-order valence-electron chi connectivity index (χ3n) is 4.68. The summed E-state index contributed by atoms with van der Waals surface area (Å²) in [5.74, 6) is 0.936. The molecule has 0 heterocycles. The van der Waals surface area contributed by atoms with Crippen LogP contribution in [0.3, 0.4) is 0 Å². The van der Waals surface area contributed by atoms with Gasteiger partial charge in [-0.3, -0.25) is 0 Å². The molecule has 21 heavy (non-hydrogen) atoms. The molecule has 1 unspecified atom stereocenters. The van der Waals surface area contributed by atoms with Crippen LogP contribution in [0, 0.1) is 5.41 Å². The van der Waals surface area contributed by atoms with E-state index in [9.17, 15) is 4.79 Å². The van der Waals surface area contributed by atoms with E-state index in [1.807, 2.05) is 18.2 Å². The SMILES string of the molecule is CCC(C=O)(CC)CN(C)C(C)Cc1ccccc1OC. The lowest BCUT2D eigenvalue weighted by Gasteiger charge is -2.34. The van der Waals surface area contributed by atoms with Gasteiger partial charge in [0.2, 0.25) is 0 Å². The molecule has 1 aromatic rings. The molecule has 3 heteroatoms. The van der Waals surface area contributed by atoms with Gasteiger partial charge >= 0.3 is 0 Å². The number of rotatable bonds is 9. The number of nitrogens with zero attached hydrogens (tertiary/aromatic N) is 1. The molecule has 1 aromatic carbocycles. The van der Waals surface area contributed by atoms with Crippen molar-refractivity contribution in [3.05, 3.63) is 29.8 Å². The summed E-state index contributed by atoms with van der Waals surface area (Å²) < 4.78 is 5.42. The van der Waals surface area contributed by atoms with Gasteiger partial charge in [-0.25, -0.2) is 0 Å². The molecule has 118 valence electrons. The van der Waals surface area contributed by atoms with E-state index >= 15 is 0 Å². The number of carbonyl (C=O) groups excluding carboxylic acids is 1. The summed E-state index contributed by atoms with van der Waals surface area (Å²) in [5.41, 5.74) is 0.994. The van der Waals surface area contributed by atoms with Gasteiger partial charge in [-0.2, -0.15) is 0 Å². The van der Waals surface area contributed by atoms with Crippen LogP contribution in [0.15, 0.2) is 24.3 Å². The molecule has 0 aliphatic carbocycles. The summed E-state index contributed by atoms with van der Waals surface area (Å²) in [4.78, 5) is 13.7. The number of hydrogen-bond acceptors (Lipinski definition) is 3. The largest absolute Gasteiger partial charge is 0.496 e. The Hall–Kier alpha value is -1.35. The van der Waals surface area contributed by atoms with Gasteiger partial charge < -0.3 is 14.4 Å². The van der Waals surface area contributed by atoms with E-state index < -0.39 is 0 Å². The van der Waals surface area contributed by atoms with E-state index in [1.165, 1.54) is 5.56 Å². The number of carbonyl (C=O) groups is 1. The van der Waals surface area contributed by atoms with Crippen molar-refractivity contribution < 1.29 is 9.53 Å². The van der Waals surface area contributed by atoms with Crippen LogP contribution in [0.4, 0.5) is 0 Å². The average molecular weight is 291 g/mol. The Morgan fingerprint density at radius 3 is 2.43 bits per heavy atom. The van der Waals surface area contributed by atoms with Crippen molar-refractivity contribution >= 4 is 6.29 Å². The van der Waals surface area contributed by atoms with Crippen molar-refractivity contribution in [2.45, 2.75) is 46.1 Å². The molecular weight excluding hydrogens is 262 g/mol. The summed E-state index contributed by atoms with van der Waals surface area (Å²) in [5, 5.41) is 0. The Labute approximate surface area is 129 Å². The summed E-state index contributed by atoms with van der Waals surface area (Å²) in [6.45, 7) is 7.19. The van der Waals surface area contributed by atoms with Crippen molar-refractivity contribution in [1.29, 1.82) is 0 Å². The Morgan fingerprint density at radius 1 is 1.29 bits per heavy atom. The molecule has 0 aliphatic rings. The van der Waals surface area contributed by atoms with Crippen molar-refractivity contribution in [3.63, 3.8) is 0 Å². The Bertz CT molecular complexity index is 441. The lowest BCUT2D eigenvalue weighted by molar-refractivity contribution is -0.117. The predicted molar refractivity (Wildman–Crippen MR) is 87.9 cm³/mol. The maximum Gasteiger partial charge on any atom is 0.127 e. The fourth-order valence-corrected chi connectivity index (χ4v) is 2.68. The highest BCUT2D eigenvalue weighted by Crippen LogP contribution is 2.26. The lowest BCUT2D eigenvalue weighted by Crippen LogP contribution is -2.41. The zero-order valence-corrected chi connectivity index (χ0v) is 14.1. The second-order valence-corrected chi connectivity index (χ2v) is 5.97. The van der Waals surface area contributed by atoms with Crippen molar-refractivity contribution in [2.24, 2.45) is 5.41 Å². The maximum atomic E-state index is 11.5. The number of benzene rings is 1. The first-order valence-electron chi connectivity index (χ1n) is 7.80. The van der Waals surface area contributed by atoms with Gasteiger partial charge in [0.15, 0.2) is 0 Å². The molecule has 0 aliphatic heterocycles. The zero-order chi connectivity index (χ0) is 15.9. The monoisotopic (exact) mass is 291 g/mol. The minimum absolute atomic E-state index is 0.218. The lowest BCUT2D eigenvalue weighted by atomic mass is 9.83. The van der Waals surface area contributed by atoms with Gasteiger partial charge in [-0.15, -0.1) is 0 Å². The van der Waals surface area contributed by atoms with Gasteiger partial charge in [-0.1, -0.05) is 32.0 Å². The summed E-state index contributed by atoms with van der Waals surface area (Å²) >= 11 is 0. The minimum Gasteiger partial charge on any atom is -0.496 e. The van der Waals surface area contributed by atoms with Crippen molar-refractivity contribution in [2.75, 3.05) is 20.7 Å². The number of para-hydroxylation sites is 1. The van der Waals surface area contributed by atoms with Gasteiger partial charge in [0, 0.05) is 18.0 Å². The van der Waals surface area contributed by atoms with E-state index in [4.69, 9.17) is 4.74 Å². The third kappa shape index (κ3) is 4.57. The predicted octanol–water partition coefficient (Wildman–Crippen LogP) is 3.56. The van der Waals surface area contributed by atoms with Crippen LogP contribution in [-0.4, -0.2) is 37.9 Å². The Balaban J connectivity index is 2.74. The normalized spacial score (nSPS) is 13.2. The highest BCUT2D eigenvalue weighted by molar-refractivity contribution is 5.59. The molecule has 0 fully saturated rings. The van der Waals surface area contributed by atoms with Crippen LogP contribution in [0.25, 0.3) is 0 Å². The molecule has 0 radical (unpaired) electrons.